The van der Waals surface area contributed by atoms with Gasteiger partial charge in [-0.2, -0.15) is 0 Å². The van der Waals surface area contributed by atoms with E-state index in [9.17, 15) is 4.79 Å². The van der Waals surface area contributed by atoms with Crippen molar-refractivity contribution in [3.05, 3.63) is 77.4 Å². The maximum atomic E-state index is 12.8. The number of carbonyl (C=O) groups is 1. The zero-order valence-corrected chi connectivity index (χ0v) is 16.9. The molecule has 6 heteroatoms. The van der Waals surface area contributed by atoms with Crippen LogP contribution in [0.1, 0.15) is 21.5 Å². The van der Waals surface area contributed by atoms with Gasteiger partial charge in [0.25, 0.3) is 5.91 Å². The molecule has 1 N–H and O–H groups in total. The fraction of sp³-hybridized carbons (Fsp3) is 0.208. The minimum Gasteiger partial charge on any atom is -0.496 e. The van der Waals surface area contributed by atoms with Crippen molar-refractivity contribution in [3.63, 3.8) is 0 Å². The maximum Gasteiger partial charge on any atom is 0.255 e. The number of fused-ring (bicyclic) bond motifs is 1. The molecule has 0 bridgehead atoms. The Bertz CT molecular complexity index is 1060. The minimum atomic E-state index is -0.230. The molecule has 30 heavy (non-hydrogen) atoms. The van der Waals surface area contributed by atoms with Crippen LogP contribution in [0.15, 0.2) is 60.7 Å². The van der Waals surface area contributed by atoms with E-state index in [1.807, 2.05) is 31.2 Å². The molecule has 154 valence electrons. The summed E-state index contributed by atoms with van der Waals surface area (Å²) in [5.74, 6) is 2.51. The normalized spacial score (nSPS) is 12.2. The van der Waals surface area contributed by atoms with Crippen LogP contribution in [-0.4, -0.2) is 26.2 Å². The zero-order valence-electron chi connectivity index (χ0n) is 16.9. The highest BCUT2D eigenvalue weighted by Gasteiger charge is 2.15. The number of rotatable bonds is 6. The second kappa shape index (κ2) is 8.78. The van der Waals surface area contributed by atoms with Crippen molar-refractivity contribution in [2.24, 2.45) is 0 Å². The number of hydrogen-bond donors (Lipinski definition) is 1. The largest absolute Gasteiger partial charge is 0.496 e. The molecule has 0 unspecified atom stereocenters. The van der Waals surface area contributed by atoms with Crippen LogP contribution in [0.5, 0.6) is 23.0 Å². The molecule has 0 saturated carbocycles. The van der Waals surface area contributed by atoms with E-state index in [2.05, 4.69) is 5.32 Å². The van der Waals surface area contributed by atoms with E-state index in [0.717, 1.165) is 16.9 Å². The average molecular weight is 405 g/mol. The molecule has 1 heterocycles. The highest BCUT2D eigenvalue weighted by atomic mass is 16.6. The van der Waals surface area contributed by atoms with Gasteiger partial charge >= 0.3 is 0 Å². The SMILES string of the molecule is COc1ccc(C(=O)Nc2ccc3c(c2)OCCO3)cc1COc1cccc(C)c1. The number of nitrogens with one attached hydrogen (secondary N) is 1. The molecule has 0 saturated heterocycles. The van der Waals surface area contributed by atoms with Crippen LogP contribution in [0, 0.1) is 6.92 Å². The number of anilines is 1. The van der Waals surface area contributed by atoms with Crippen LogP contribution < -0.4 is 24.3 Å². The third-order valence-corrected chi connectivity index (χ3v) is 4.73. The van der Waals surface area contributed by atoms with Gasteiger partial charge in [0.1, 0.15) is 31.3 Å². The van der Waals surface area contributed by atoms with Gasteiger partial charge in [-0.1, -0.05) is 12.1 Å². The van der Waals surface area contributed by atoms with Gasteiger partial charge in [0.2, 0.25) is 0 Å². The predicted octanol–water partition coefficient (Wildman–Crippen LogP) is 4.61. The standard InChI is InChI=1S/C24H23NO5/c1-16-4-3-5-20(12-16)30-15-18-13-17(6-8-21(18)27-2)24(26)25-19-7-9-22-23(14-19)29-11-10-28-22/h3-9,12-14H,10-11,15H2,1-2H3,(H,25,26). The first-order valence-corrected chi connectivity index (χ1v) is 9.70. The van der Waals surface area contributed by atoms with Crippen LogP contribution in [0.25, 0.3) is 0 Å². The number of benzene rings is 3. The van der Waals surface area contributed by atoms with Gasteiger partial charge in [0, 0.05) is 22.9 Å². The Balaban J connectivity index is 1.49. The molecule has 0 aliphatic carbocycles. The van der Waals surface area contributed by atoms with Gasteiger partial charge in [-0.05, 0) is 55.0 Å². The maximum absolute atomic E-state index is 12.8. The average Bonchev–Trinajstić information content (AvgIpc) is 2.77. The van der Waals surface area contributed by atoms with Gasteiger partial charge < -0.3 is 24.3 Å². The van der Waals surface area contributed by atoms with Crippen molar-refractivity contribution in [1.82, 2.24) is 0 Å². The summed E-state index contributed by atoms with van der Waals surface area (Å²) in [6, 6.07) is 18.4. The molecule has 0 atom stereocenters. The fourth-order valence-corrected chi connectivity index (χ4v) is 3.22. The zero-order chi connectivity index (χ0) is 20.9. The topological polar surface area (TPSA) is 66.0 Å². The lowest BCUT2D eigenvalue weighted by atomic mass is 10.1. The molecule has 4 rings (SSSR count). The number of ether oxygens (including phenoxy) is 4. The van der Waals surface area contributed by atoms with Crippen LogP contribution >= 0.6 is 0 Å². The lowest BCUT2D eigenvalue weighted by molar-refractivity contribution is 0.102. The van der Waals surface area contributed by atoms with E-state index in [-0.39, 0.29) is 12.5 Å². The highest BCUT2D eigenvalue weighted by molar-refractivity contribution is 6.04. The van der Waals surface area contributed by atoms with Crippen molar-refractivity contribution >= 4 is 11.6 Å². The van der Waals surface area contributed by atoms with Gasteiger partial charge in [0.05, 0.1) is 7.11 Å². The summed E-state index contributed by atoms with van der Waals surface area (Å²) in [6.45, 7) is 3.32. The smallest absolute Gasteiger partial charge is 0.255 e. The summed E-state index contributed by atoms with van der Waals surface area (Å²) < 4.78 is 22.4. The Kier molecular flexibility index (Phi) is 5.75. The van der Waals surface area contributed by atoms with Gasteiger partial charge in [-0.15, -0.1) is 0 Å². The van der Waals surface area contributed by atoms with Crippen molar-refractivity contribution in [2.75, 3.05) is 25.6 Å². The second-order valence-electron chi connectivity index (χ2n) is 6.94. The molecule has 0 aromatic heterocycles. The Morgan fingerprint density at radius 1 is 1.00 bits per heavy atom. The number of aryl methyl sites for hydroxylation is 1. The summed E-state index contributed by atoms with van der Waals surface area (Å²) >= 11 is 0. The number of methoxy groups -OCH3 is 1. The Morgan fingerprint density at radius 3 is 2.63 bits per heavy atom. The molecule has 1 amide bonds. The molecule has 3 aromatic rings. The molecule has 1 aliphatic rings. The molecular formula is C24H23NO5. The number of amides is 1. The summed E-state index contributed by atoms with van der Waals surface area (Å²) in [6.07, 6.45) is 0. The van der Waals surface area contributed by atoms with Crippen molar-refractivity contribution in [2.45, 2.75) is 13.5 Å². The Hall–Kier alpha value is -3.67. The van der Waals surface area contributed by atoms with Crippen LogP contribution in [-0.2, 0) is 6.61 Å². The van der Waals surface area contributed by atoms with Crippen LogP contribution in [0.2, 0.25) is 0 Å². The van der Waals surface area contributed by atoms with Gasteiger partial charge in [-0.3, -0.25) is 4.79 Å². The quantitative estimate of drug-likeness (QED) is 0.649. The summed E-state index contributed by atoms with van der Waals surface area (Å²) in [4.78, 5) is 12.8. The first kappa shape index (κ1) is 19.6. The van der Waals surface area contributed by atoms with Crippen LogP contribution in [0.3, 0.4) is 0 Å². The Labute approximate surface area is 175 Å². The van der Waals surface area contributed by atoms with E-state index >= 15 is 0 Å². The lowest BCUT2D eigenvalue weighted by Crippen LogP contribution is -2.16. The molecule has 0 fully saturated rings. The van der Waals surface area contributed by atoms with Gasteiger partial charge in [-0.25, -0.2) is 0 Å². The first-order chi connectivity index (χ1) is 14.6. The monoisotopic (exact) mass is 405 g/mol. The van der Waals surface area contributed by atoms with E-state index in [1.54, 1.807) is 43.5 Å². The molecule has 0 radical (unpaired) electrons. The molecule has 3 aromatic carbocycles. The van der Waals surface area contributed by atoms with E-state index in [4.69, 9.17) is 18.9 Å². The van der Waals surface area contributed by atoms with Crippen molar-refractivity contribution in [1.29, 1.82) is 0 Å². The molecular weight excluding hydrogens is 382 g/mol. The predicted molar refractivity (Wildman–Crippen MR) is 114 cm³/mol. The summed E-state index contributed by atoms with van der Waals surface area (Å²) in [7, 11) is 1.60. The Morgan fingerprint density at radius 2 is 1.83 bits per heavy atom. The van der Waals surface area contributed by atoms with E-state index in [1.165, 1.54) is 0 Å². The number of hydrogen-bond acceptors (Lipinski definition) is 5. The van der Waals surface area contributed by atoms with Crippen LogP contribution in [0.4, 0.5) is 5.69 Å². The molecule has 6 nitrogen and oxygen atoms in total. The number of carbonyl (C=O) groups excluding carboxylic acids is 1. The fourth-order valence-electron chi connectivity index (χ4n) is 3.22. The third kappa shape index (κ3) is 4.49. The van der Waals surface area contributed by atoms with Crippen molar-refractivity contribution in [3.8, 4) is 23.0 Å². The van der Waals surface area contributed by atoms with E-state index < -0.39 is 0 Å². The minimum absolute atomic E-state index is 0.230. The first-order valence-electron chi connectivity index (χ1n) is 9.70. The lowest BCUT2D eigenvalue weighted by Gasteiger charge is -2.19. The molecule has 0 spiro atoms. The van der Waals surface area contributed by atoms with E-state index in [0.29, 0.717) is 41.7 Å². The second-order valence-corrected chi connectivity index (χ2v) is 6.94. The van der Waals surface area contributed by atoms with Gasteiger partial charge in [0.15, 0.2) is 11.5 Å². The molecule has 1 aliphatic heterocycles. The summed E-state index contributed by atoms with van der Waals surface area (Å²) in [5, 5.41) is 2.90. The van der Waals surface area contributed by atoms with Crippen molar-refractivity contribution < 1.29 is 23.7 Å². The highest BCUT2D eigenvalue weighted by Crippen LogP contribution is 2.33. The third-order valence-electron chi connectivity index (χ3n) is 4.73. The summed E-state index contributed by atoms with van der Waals surface area (Å²) in [5.41, 5.74) is 3.05.